The highest BCUT2D eigenvalue weighted by Gasteiger charge is 2.72. The molecule has 34 heavy (non-hydrogen) atoms. The average Bonchev–Trinajstić information content (AvgIpc) is 3.32. The van der Waals surface area contributed by atoms with Crippen molar-refractivity contribution in [1.82, 2.24) is 14.7 Å². The first-order valence-electron chi connectivity index (χ1n) is 11.0. The fourth-order valence-corrected chi connectivity index (χ4v) is 5.53. The fraction of sp³-hybridized carbons (Fsp3) is 0.762. The molecule has 10 nitrogen and oxygen atoms in total. The Morgan fingerprint density at radius 2 is 1.68 bits per heavy atom. The summed E-state index contributed by atoms with van der Waals surface area (Å²) in [6.07, 6.45) is 0.561. The van der Waals surface area contributed by atoms with Crippen LogP contribution in [0.1, 0.15) is 39.0 Å². The molecular weight excluding hydrogens is 461 g/mol. The third-order valence-corrected chi connectivity index (χ3v) is 7.16. The maximum absolute atomic E-state index is 12.9. The number of carbonyl (C=O) groups is 4. The van der Waals surface area contributed by atoms with Crippen molar-refractivity contribution in [1.29, 1.82) is 0 Å². The highest BCUT2D eigenvalue weighted by molar-refractivity contribution is 6.11. The van der Waals surface area contributed by atoms with Gasteiger partial charge in [-0.2, -0.15) is 13.2 Å². The summed E-state index contributed by atoms with van der Waals surface area (Å²) in [5, 5.41) is 7.12. The Bertz CT molecular complexity index is 903. The number of aliphatic imine (C=N–C) groups is 1. The lowest BCUT2D eigenvalue weighted by Crippen LogP contribution is -2.58. The van der Waals surface area contributed by atoms with Crippen molar-refractivity contribution in [2.45, 2.75) is 62.8 Å². The smallest absolute Gasteiger partial charge is 0.475 e. The number of imide groups is 1. The van der Waals surface area contributed by atoms with E-state index in [1.54, 1.807) is 6.92 Å². The van der Waals surface area contributed by atoms with Gasteiger partial charge in [-0.15, -0.1) is 0 Å². The zero-order valence-corrected chi connectivity index (χ0v) is 19.5. The predicted octanol–water partition coefficient (Wildman–Crippen LogP) is 1.10. The van der Waals surface area contributed by atoms with E-state index in [9.17, 15) is 27.6 Å². The number of carboxylic acids is 1. The number of fused-ring (bicyclic) bond motifs is 3. The van der Waals surface area contributed by atoms with E-state index < -0.39 is 35.5 Å². The molecule has 3 saturated heterocycles. The van der Waals surface area contributed by atoms with Crippen molar-refractivity contribution in [3.05, 3.63) is 0 Å². The second kappa shape index (κ2) is 9.06. The number of ether oxygens (including phenoxy) is 1. The van der Waals surface area contributed by atoms with Crippen molar-refractivity contribution in [2.24, 2.45) is 16.8 Å². The number of carboxylic acid groups (broad SMARTS) is 1. The number of methoxy groups -OCH3 is 1. The zero-order chi connectivity index (χ0) is 25.6. The molecule has 0 unspecified atom stereocenters. The second-order valence-electron chi connectivity index (χ2n) is 9.22. The molecule has 4 fully saturated rings. The molecule has 0 spiro atoms. The summed E-state index contributed by atoms with van der Waals surface area (Å²) in [4.78, 5) is 57.6. The van der Waals surface area contributed by atoms with Crippen molar-refractivity contribution in [3.63, 3.8) is 0 Å². The van der Waals surface area contributed by atoms with E-state index in [1.165, 1.54) is 25.5 Å². The largest absolute Gasteiger partial charge is 0.490 e. The van der Waals surface area contributed by atoms with Gasteiger partial charge in [-0.25, -0.2) is 14.6 Å². The van der Waals surface area contributed by atoms with Gasteiger partial charge in [-0.05, 0) is 19.8 Å². The Morgan fingerprint density at radius 1 is 1.12 bits per heavy atom. The van der Waals surface area contributed by atoms with E-state index in [2.05, 4.69) is 0 Å². The average molecular weight is 490 g/mol. The molecule has 4 atom stereocenters. The van der Waals surface area contributed by atoms with Crippen molar-refractivity contribution < 1.29 is 42.2 Å². The molecule has 13 heteroatoms. The number of likely N-dealkylation sites (tertiary alicyclic amines) is 1. The van der Waals surface area contributed by atoms with Crippen LogP contribution in [0.2, 0.25) is 0 Å². The Morgan fingerprint density at radius 3 is 2.18 bits per heavy atom. The van der Waals surface area contributed by atoms with Gasteiger partial charge in [0.05, 0.1) is 31.0 Å². The fourth-order valence-electron chi connectivity index (χ4n) is 5.53. The molecule has 0 bridgehead atoms. The summed E-state index contributed by atoms with van der Waals surface area (Å²) in [7, 11) is 4.77. The maximum atomic E-state index is 12.9. The van der Waals surface area contributed by atoms with Gasteiger partial charge in [0.2, 0.25) is 11.8 Å². The number of guanidine groups is 1. The number of nitrogens with zero attached hydrogens (tertiary/aromatic N) is 4. The summed E-state index contributed by atoms with van der Waals surface area (Å²) in [6.45, 7) is 2.31. The van der Waals surface area contributed by atoms with Crippen LogP contribution in [-0.4, -0.2) is 101 Å². The van der Waals surface area contributed by atoms with E-state index in [4.69, 9.17) is 19.6 Å². The summed E-state index contributed by atoms with van der Waals surface area (Å²) in [5.41, 5.74) is -1.22. The number of rotatable bonds is 2. The van der Waals surface area contributed by atoms with Crippen LogP contribution in [-0.2, 0) is 23.9 Å². The molecule has 0 aromatic heterocycles. The van der Waals surface area contributed by atoms with E-state index in [-0.39, 0.29) is 23.9 Å². The Labute approximate surface area is 194 Å². The molecule has 1 N–H and O–H groups in total. The Balaban J connectivity index is 0.000000406. The monoisotopic (exact) mass is 490 g/mol. The normalized spacial score (nSPS) is 32.5. The van der Waals surface area contributed by atoms with E-state index in [0.717, 1.165) is 31.6 Å². The van der Waals surface area contributed by atoms with Crippen LogP contribution >= 0.6 is 0 Å². The van der Waals surface area contributed by atoms with E-state index in [1.807, 2.05) is 16.8 Å². The number of esters is 1. The molecule has 3 aliphatic heterocycles. The van der Waals surface area contributed by atoms with Crippen molar-refractivity contribution >= 4 is 29.7 Å². The summed E-state index contributed by atoms with van der Waals surface area (Å²) < 4.78 is 36.8. The molecule has 4 aliphatic rings. The number of amides is 2. The van der Waals surface area contributed by atoms with Crippen molar-refractivity contribution in [3.8, 4) is 0 Å². The topological polar surface area (TPSA) is 120 Å². The molecule has 4 rings (SSSR count). The standard InChI is InChI=1S/C19H28N4O4.C2HF3O2/c1-19(17(26)27-4)14-13(15(24)22(3)16(14)25)12-10-21(2)18(23(12)19)20-11-8-6-5-7-9-11;3-2(4,5)1(6)7/h11-14H,5-10H2,1-4H3;(H,6,7)/t12-,13+,14-,19-;/m1./s1. The van der Waals surface area contributed by atoms with E-state index >= 15 is 0 Å². The molecule has 0 radical (unpaired) electrons. The highest BCUT2D eigenvalue weighted by atomic mass is 19.4. The molecule has 3 heterocycles. The van der Waals surface area contributed by atoms with Gasteiger partial charge >= 0.3 is 18.1 Å². The lowest BCUT2D eigenvalue weighted by molar-refractivity contribution is -0.192. The first kappa shape index (κ1) is 25.8. The van der Waals surface area contributed by atoms with E-state index in [0.29, 0.717) is 6.54 Å². The predicted molar refractivity (Wildman–Crippen MR) is 111 cm³/mol. The minimum Gasteiger partial charge on any atom is -0.475 e. The number of alkyl halides is 3. The van der Waals surface area contributed by atoms with Crippen molar-refractivity contribution in [2.75, 3.05) is 27.7 Å². The van der Waals surface area contributed by atoms with Crippen LogP contribution in [0.15, 0.2) is 4.99 Å². The van der Waals surface area contributed by atoms with Crippen LogP contribution in [0.25, 0.3) is 0 Å². The number of likely N-dealkylation sites (N-methyl/N-ethyl adjacent to an activating group) is 1. The van der Waals surface area contributed by atoms with Crippen LogP contribution in [0.5, 0.6) is 0 Å². The number of aliphatic carboxylic acids is 1. The first-order valence-corrected chi connectivity index (χ1v) is 11.0. The zero-order valence-electron chi connectivity index (χ0n) is 19.5. The van der Waals surface area contributed by atoms with Crippen LogP contribution in [0.3, 0.4) is 0 Å². The number of hydrogen-bond donors (Lipinski definition) is 1. The van der Waals surface area contributed by atoms with Gasteiger partial charge < -0.3 is 19.6 Å². The molecule has 1 saturated carbocycles. The van der Waals surface area contributed by atoms with Crippen LogP contribution in [0.4, 0.5) is 13.2 Å². The molecule has 0 aromatic rings. The summed E-state index contributed by atoms with van der Waals surface area (Å²) >= 11 is 0. The number of carbonyl (C=O) groups excluding carboxylic acids is 3. The number of hydrogen-bond acceptors (Lipinski definition) is 6. The lowest BCUT2D eigenvalue weighted by Gasteiger charge is -2.37. The van der Waals surface area contributed by atoms with Crippen LogP contribution < -0.4 is 0 Å². The molecular formula is C21H29F3N4O6. The number of halogens is 3. The molecule has 1 aliphatic carbocycles. The summed E-state index contributed by atoms with van der Waals surface area (Å²) in [6, 6.07) is -0.0146. The maximum Gasteiger partial charge on any atom is 0.490 e. The minimum absolute atomic E-state index is 0.208. The van der Waals surface area contributed by atoms with Gasteiger partial charge in [0.1, 0.15) is 0 Å². The SMILES string of the molecule is COC(=O)[C@@]1(C)[C@H]2C(=O)N(C)C(=O)[C@H]2[C@H]2CN(C)C(=NC3CCCCC3)N21.O=C(O)C(F)(F)F. The van der Waals surface area contributed by atoms with Crippen LogP contribution in [0, 0.1) is 11.8 Å². The van der Waals surface area contributed by atoms with Gasteiger partial charge in [0, 0.05) is 20.6 Å². The van der Waals surface area contributed by atoms with Gasteiger partial charge in [0.25, 0.3) is 0 Å². The Kier molecular flexibility index (Phi) is 6.87. The Hall–Kier alpha value is -2.86. The molecule has 0 aromatic carbocycles. The van der Waals surface area contributed by atoms with Gasteiger partial charge in [-0.1, -0.05) is 19.3 Å². The molecule has 190 valence electrons. The first-order chi connectivity index (χ1) is 15.8. The lowest BCUT2D eigenvalue weighted by atomic mass is 9.81. The minimum atomic E-state index is -5.08. The summed E-state index contributed by atoms with van der Waals surface area (Å²) in [5.74, 6) is -4.29. The third-order valence-electron chi connectivity index (χ3n) is 7.16. The van der Waals surface area contributed by atoms with Gasteiger partial charge in [-0.3, -0.25) is 14.5 Å². The van der Waals surface area contributed by atoms with Gasteiger partial charge in [0.15, 0.2) is 11.5 Å². The highest BCUT2D eigenvalue weighted by Crippen LogP contribution is 2.51. The molecule has 2 amide bonds. The quantitative estimate of drug-likeness (QED) is 0.452. The third kappa shape index (κ3) is 4.09. The second-order valence-corrected chi connectivity index (χ2v) is 9.22.